The lowest BCUT2D eigenvalue weighted by molar-refractivity contribution is 0.0326. The Morgan fingerprint density at radius 3 is 3.00 bits per heavy atom. The molecule has 14 heavy (non-hydrogen) atoms. The zero-order chi connectivity index (χ0) is 9.97. The largest absolute Gasteiger partial charge is 0.351 e. The Morgan fingerprint density at radius 1 is 1.50 bits per heavy atom. The maximum absolute atomic E-state index is 10.5. The third-order valence-corrected chi connectivity index (χ3v) is 2.43. The Bertz CT molecular complexity index is 341. The summed E-state index contributed by atoms with van der Waals surface area (Å²) < 4.78 is 5.46. The van der Waals surface area contributed by atoms with Crippen LogP contribution in [0.5, 0.6) is 0 Å². The van der Waals surface area contributed by atoms with Crippen molar-refractivity contribution in [3.63, 3.8) is 0 Å². The van der Waals surface area contributed by atoms with Crippen LogP contribution in [0.4, 0.5) is 0 Å². The normalized spacial score (nSPS) is 21.2. The molecule has 0 N–H and O–H groups in total. The Kier molecular flexibility index (Phi) is 2.45. The van der Waals surface area contributed by atoms with Gasteiger partial charge in [-0.15, -0.1) is 4.91 Å². The van der Waals surface area contributed by atoms with Crippen molar-refractivity contribution >= 4 is 0 Å². The second-order valence-corrected chi connectivity index (χ2v) is 3.32. The van der Waals surface area contributed by atoms with Gasteiger partial charge in [-0.3, -0.25) is 0 Å². The van der Waals surface area contributed by atoms with Gasteiger partial charge in [0.2, 0.25) is 0 Å². The summed E-state index contributed by atoms with van der Waals surface area (Å²) in [5.74, 6) is 0. The van der Waals surface area contributed by atoms with Gasteiger partial charge in [0.1, 0.15) is 0 Å². The lowest BCUT2D eigenvalue weighted by Crippen LogP contribution is -2.17. The van der Waals surface area contributed by atoms with E-state index in [0.29, 0.717) is 13.2 Å². The quantitative estimate of drug-likeness (QED) is 0.673. The first-order valence-electron chi connectivity index (χ1n) is 4.60. The minimum Gasteiger partial charge on any atom is -0.351 e. The van der Waals surface area contributed by atoms with E-state index in [1.165, 1.54) is 5.01 Å². The molecule has 0 amide bonds. The fraction of sp³-hybridized carbons (Fsp3) is 0.400. The molecule has 4 heteroatoms. The molecule has 1 saturated heterocycles. The second-order valence-electron chi connectivity index (χ2n) is 3.32. The molecule has 2 rings (SSSR count). The number of ether oxygens (including phenoxy) is 1. The molecule has 0 aliphatic carbocycles. The molecule has 1 aliphatic heterocycles. The molecular weight excluding hydrogens is 180 g/mol. The summed E-state index contributed by atoms with van der Waals surface area (Å²) in [6.45, 7) is 3.13. The molecule has 74 valence electrons. The molecule has 4 nitrogen and oxygen atoms in total. The van der Waals surface area contributed by atoms with Gasteiger partial charge in [-0.1, -0.05) is 24.3 Å². The molecule has 0 spiro atoms. The summed E-state index contributed by atoms with van der Waals surface area (Å²) in [5.41, 5.74) is 2.14. The SMILES string of the molecule is Cc1ccccc1C1OCCN1N=O. The van der Waals surface area contributed by atoms with E-state index in [0.717, 1.165) is 11.1 Å². The van der Waals surface area contributed by atoms with E-state index in [1.807, 2.05) is 31.2 Å². The number of hydrogen-bond donors (Lipinski definition) is 0. The molecule has 0 saturated carbocycles. The summed E-state index contributed by atoms with van der Waals surface area (Å²) in [4.78, 5) is 10.5. The summed E-state index contributed by atoms with van der Waals surface area (Å²) in [5, 5.41) is 4.38. The highest BCUT2D eigenvalue weighted by Gasteiger charge is 2.27. The third-order valence-electron chi connectivity index (χ3n) is 2.43. The van der Waals surface area contributed by atoms with Crippen molar-refractivity contribution in [3.05, 3.63) is 40.3 Å². The first-order chi connectivity index (χ1) is 6.83. The van der Waals surface area contributed by atoms with E-state index in [9.17, 15) is 4.91 Å². The van der Waals surface area contributed by atoms with Crippen molar-refractivity contribution in [1.82, 2.24) is 5.01 Å². The van der Waals surface area contributed by atoms with Gasteiger partial charge < -0.3 is 4.74 Å². The van der Waals surface area contributed by atoms with Crippen molar-refractivity contribution in [2.45, 2.75) is 13.2 Å². The smallest absolute Gasteiger partial charge is 0.175 e. The van der Waals surface area contributed by atoms with Crippen LogP contribution in [0.3, 0.4) is 0 Å². The van der Waals surface area contributed by atoms with E-state index in [1.54, 1.807) is 0 Å². The zero-order valence-electron chi connectivity index (χ0n) is 8.01. The number of benzene rings is 1. The van der Waals surface area contributed by atoms with Crippen LogP contribution in [0.15, 0.2) is 29.6 Å². The molecule has 1 aliphatic rings. The van der Waals surface area contributed by atoms with Gasteiger partial charge in [0.15, 0.2) is 6.23 Å². The Hall–Kier alpha value is -1.42. The van der Waals surface area contributed by atoms with E-state index in [4.69, 9.17) is 4.74 Å². The van der Waals surface area contributed by atoms with Gasteiger partial charge in [-0.25, -0.2) is 5.01 Å². The van der Waals surface area contributed by atoms with Gasteiger partial charge in [0.25, 0.3) is 0 Å². The van der Waals surface area contributed by atoms with E-state index < -0.39 is 0 Å². The average Bonchev–Trinajstić information content (AvgIpc) is 2.66. The van der Waals surface area contributed by atoms with E-state index in [-0.39, 0.29) is 6.23 Å². The predicted octanol–water partition coefficient (Wildman–Crippen LogP) is 2.01. The van der Waals surface area contributed by atoms with Crippen LogP contribution in [-0.4, -0.2) is 18.2 Å². The van der Waals surface area contributed by atoms with E-state index >= 15 is 0 Å². The fourth-order valence-corrected chi connectivity index (χ4v) is 1.66. The maximum Gasteiger partial charge on any atom is 0.175 e. The first kappa shape index (κ1) is 9.15. The van der Waals surface area contributed by atoms with Crippen molar-refractivity contribution in [1.29, 1.82) is 0 Å². The van der Waals surface area contributed by atoms with Crippen molar-refractivity contribution in [2.24, 2.45) is 5.29 Å². The Labute approximate surface area is 82.4 Å². The van der Waals surface area contributed by atoms with Gasteiger partial charge in [-0.05, 0) is 12.5 Å². The number of nitrogens with zero attached hydrogens (tertiary/aromatic N) is 2. The predicted molar refractivity (Wildman–Crippen MR) is 52.4 cm³/mol. The molecule has 1 fully saturated rings. The Morgan fingerprint density at radius 2 is 2.29 bits per heavy atom. The highest BCUT2D eigenvalue weighted by atomic mass is 16.5. The summed E-state index contributed by atoms with van der Waals surface area (Å²) in [6, 6.07) is 7.86. The van der Waals surface area contributed by atoms with Crippen LogP contribution in [0, 0.1) is 11.8 Å². The monoisotopic (exact) mass is 192 g/mol. The van der Waals surface area contributed by atoms with Crippen LogP contribution in [0.2, 0.25) is 0 Å². The van der Waals surface area contributed by atoms with Crippen molar-refractivity contribution < 1.29 is 4.74 Å². The highest BCUT2D eigenvalue weighted by Crippen LogP contribution is 2.28. The topological polar surface area (TPSA) is 41.9 Å². The molecule has 1 heterocycles. The average molecular weight is 192 g/mol. The molecule has 1 atom stereocenters. The molecular formula is C10H12N2O2. The summed E-state index contributed by atoms with van der Waals surface area (Å²) >= 11 is 0. The van der Waals surface area contributed by atoms with Crippen LogP contribution in [0.25, 0.3) is 0 Å². The summed E-state index contributed by atoms with van der Waals surface area (Å²) in [6.07, 6.45) is -0.298. The standard InChI is InChI=1S/C10H12N2O2/c1-8-4-2-3-5-9(8)10-12(11-13)6-7-14-10/h2-5,10H,6-7H2,1H3. The number of hydrogen-bond acceptors (Lipinski definition) is 3. The first-order valence-corrected chi connectivity index (χ1v) is 4.60. The van der Waals surface area contributed by atoms with Gasteiger partial charge in [0, 0.05) is 5.56 Å². The van der Waals surface area contributed by atoms with Gasteiger partial charge in [-0.2, -0.15) is 0 Å². The summed E-state index contributed by atoms with van der Waals surface area (Å²) in [7, 11) is 0. The lowest BCUT2D eigenvalue weighted by Gasteiger charge is -2.18. The number of rotatable bonds is 2. The lowest BCUT2D eigenvalue weighted by atomic mass is 10.1. The van der Waals surface area contributed by atoms with Crippen LogP contribution in [0.1, 0.15) is 17.4 Å². The van der Waals surface area contributed by atoms with Crippen LogP contribution < -0.4 is 0 Å². The van der Waals surface area contributed by atoms with Crippen molar-refractivity contribution in [2.75, 3.05) is 13.2 Å². The van der Waals surface area contributed by atoms with Crippen molar-refractivity contribution in [3.8, 4) is 0 Å². The second kappa shape index (κ2) is 3.75. The Balaban J connectivity index is 2.30. The molecule has 0 radical (unpaired) electrons. The maximum atomic E-state index is 10.5. The third kappa shape index (κ3) is 1.48. The van der Waals surface area contributed by atoms with Gasteiger partial charge >= 0.3 is 0 Å². The molecule has 1 aromatic carbocycles. The van der Waals surface area contributed by atoms with Crippen LogP contribution in [-0.2, 0) is 4.74 Å². The zero-order valence-corrected chi connectivity index (χ0v) is 8.01. The van der Waals surface area contributed by atoms with E-state index in [2.05, 4.69) is 5.29 Å². The molecule has 1 aromatic rings. The molecule has 1 unspecified atom stereocenters. The minimum atomic E-state index is -0.298. The van der Waals surface area contributed by atoms with Gasteiger partial charge in [0.05, 0.1) is 18.4 Å². The fourth-order valence-electron chi connectivity index (χ4n) is 1.66. The minimum absolute atomic E-state index is 0.298. The molecule has 0 aromatic heterocycles. The number of aryl methyl sites for hydroxylation is 1. The highest BCUT2D eigenvalue weighted by molar-refractivity contribution is 5.27. The number of nitroso groups, excluding NO2 is 1. The molecule has 0 bridgehead atoms. The van der Waals surface area contributed by atoms with Crippen LogP contribution >= 0.6 is 0 Å².